The topological polar surface area (TPSA) is 0 Å². The molecule has 0 aliphatic heterocycles. The summed E-state index contributed by atoms with van der Waals surface area (Å²) in [7, 11) is 0. The summed E-state index contributed by atoms with van der Waals surface area (Å²) in [4.78, 5) is 0. The van der Waals surface area contributed by atoms with Gasteiger partial charge in [-0.25, -0.2) is 0 Å². The molecule has 0 unspecified atom stereocenters. The molecular weight excluding hydrogens is 349 g/mol. The van der Waals surface area contributed by atoms with Crippen LogP contribution in [0.4, 0.5) is 0 Å². The number of halogens is 4. The van der Waals surface area contributed by atoms with Gasteiger partial charge in [-0.2, -0.15) is 0 Å². The summed E-state index contributed by atoms with van der Waals surface area (Å²) in [5.74, 6) is 0. The van der Waals surface area contributed by atoms with Gasteiger partial charge in [-0.1, -0.05) is 0 Å². The first-order valence-corrected chi connectivity index (χ1v) is 0. The van der Waals surface area contributed by atoms with Gasteiger partial charge in [-0.05, 0) is 0 Å². The molecule has 8 heteroatoms. The predicted molar refractivity (Wildman–Crippen MR) is 60.4 cm³/mol. The van der Waals surface area contributed by atoms with Crippen LogP contribution < -0.4 is 0 Å². The fourth-order valence-electron chi connectivity index (χ4n) is 0. The van der Waals surface area contributed by atoms with Gasteiger partial charge in [0.15, 0.2) is 0 Å². The Bertz CT molecular complexity index is 16.0. The van der Waals surface area contributed by atoms with Crippen LogP contribution in [0.1, 0.15) is 0 Å². The van der Waals surface area contributed by atoms with E-state index >= 15 is 0 Å². The van der Waals surface area contributed by atoms with E-state index in [1.165, 1.54) is 0 Å². The molecule has 0 spiro atoms. The molecule has 0 aromatic carbocycles. The molecule has 0 saturated heterocycles. The molecule has 44 valence electrons. The minimum absolute atomic E-state index is 0. The van der Waals surface area contributed by atoms with Crippen LogP contribution in [0.3, 0.4) is 0 Å². The van der Waals surface area contributed by atoms with Crippen molar-refractivity contribution in [2.24, 2.45) is 0 Å². The van der Waals surface area contributed by atoms with Crippen molar-refractivity contribution in [2.45, 2.75) is 0 Å². The molecule has 0 rings (SSSR count). The zero-order chi connectivity index (χ0) is 0. The molecule has 0 aliphatic carbocycles. The second kappa shape index (κ2) is 54.1. The van der Waals surface area contributed by atoms with Crippen molar-refractivity contribution >= 4 is 185 Å². The van der Waals surface area contributed by atoms with Crippen molar-refractivity contribution in [1.82, 2.24) is 0 Å². The van der Waals surface area contributed by atoms with Crippen molar-refractivity contribution in [1.29, 1.82) is 0 Å². The molecule has 0 saturated carbocycles. The first-order valence-electron chi connectivity index (χ1n) is 0. The first kappa shape index (κ1) is 68.9. The van der Waals surface area contributed by atoms with Crippen molar-refractivity contribution in [3.8, 4) is 0 Å². The molecule has 0 atom stereocenters. The second-order valence-electron chi connectivity index (χ2n) is 0. The normalized spacial score (nSPS) is 0. The number of hydrogen-bond donors (Lipinski definition) is 0. The van der Waals surface area contributed by atoms with Gasteiger partial charge in [0.25, 0.3) is 0 Å². The van der Waals surface area contributed by atoms with Crippen LogP contribution in [0.15, 0.2) is 0 Å². The summed E-state index contributed by atoms with van der Waals surface area (Å²) < 4.78 is 0. The van der Waals surface area contributed by atoms with E-state index in [4.69, 9.17) is 0 Å². The summed E-state index contributed by atoms with van der Waals surface area (Å²) in [6.07, 6.45) is 0. The molecule has 0 nitrogen and oxygen atoms in total. The molecule has 0 amide bonds. The van der Waals surface area contributed by atoms with Gasteiger partial charge in [-0.3, -0.25) is 0 Å². The van der Waals surface area contributed by atoms with Gasteiger partial charge < -0.3 is 0 Å². The minimum atomic E-state index is 0. The third kappa shape index (κ3) is 41.6. The Hall–Kier alpha value is 5.59. The fraction of sp³-hybridized carbons (Fsp3) is 0. The van der Waals surface area contributed by atoms with E-state index in [9.17, 15) is 0 Å². The Morgan fingerprint density at radius 1 is 0.625 bits per heavy atom. The molecule has 0 N–H and O–H groups in total. The molecule has 0 bridgehead atoms. The Morgan fingerprint density at radius 3 is 0.625 bits per heavy atom. The summed E-state index contributed by atoms with van der Waals surface area (Å²) in [5, 5.41) is 0. The predicted octanol–water partition coefficient (Wildman–Crippen LogP) is -1.44. The number of rotatable bonds is 0. The standard InChI is InChI=1S/Ba.Ca.4ClH.Li.Na.6H/h;;4*1H;;;;;;;;. The van der Waals surface area contributed by atoms with Crippen molar-refractivity contribution in [2.75, 3.05) is 0 Å². The van der Waals surface area contributed by atoms with E-state index in [1.54, 1.807) is 0 Å². The van der Waals surface area contributed by atoms with Crippen LogP contribution >= 0.6 is 49.6 Å². The zero-order valence-electron chi connectivity index (χ0n) is 1.63. The van der Waals surface area contributed by atoms with Gasteiger partial charge in [-0.15, -0.1) is 49.6 Å². The second-order valence-corrected chi connectivity index (χ2v) is 0. The molecule has 0 aromatic heterocycles. The molecule has 0 aromatic rings. The van der Waals surface area contributed by atoms with E-state index in [2.05, 4.69) is 0 Å². The summed E-state index contributed by atoms with van der Waals surface area (Å²) in [6.45, 7) is 0. The summed E-state index contributed by atoms with van der Waals surface area (Å²) in [5.41, 5.74) is 0. The van der Waals surface area contributed by atoms with Crippen LogP contribution in [-0.4, -0.2) is 135 Å². The Balaban J connectivity index is 0. The van der Waals surface area contributed by atoms with Crippen molar-refractivity contribution in [3.63, 3.8) is 0 Å². The molecular formula is H10BaCaCl4LiNa. The zero-order valence-corrected chi connectivity index (χ0v) is 4.90. The third-order valence-electron chi connectivity index (χ3n) is 0. The Labute approximate surface area is 179 Å². The average Bonchev–Trinajstić information content (AvgIpc) is 0. The SMILES string of the molecule is Cl.Cl.Cl.Cl.[BaH2].[CaH2].[LiH].[NaH]. The van der Waals surface area contributed by atoms with Gasteiger partial charge in [0, 0.05) is 0 Å². The van der Waals surface area contributed by atoms with Crippen LogP contribution in [0, 0.1) is 0 Å². The maximum absolute atomic E-state index is 0. The van der Waals surface area contributed by atoms with Crippen molar-refractivity contribution in [3.05, 3.63) is 0 Å². The number of hydrogen-bond acceptors (Lipinski definition) is 0. The maximum atomic E-state index is 0. The fourth-order valence-corrected chi connectivity index (χ4v) is 0. The molecule has 0 heterocycles. The van der Waals surface area contributed by atoms with Gasteiger partial charge in [0.2, 0.25) is 0 Å². The van der Waals surface area contributed by atoms with Gasteiger partial charge >= 0.3 is 135 Å². The molecule has 8 heavy (non-hydrogen) atoms. The van der Waals surface area contributed by atoms with Crippen LogP contribution in [-0.2, 0) is 0 Å². The monoisotopic (exact) mass is 358 g/mol. The van der Waals surface area contributed by atoms with E-state index < -0.39 is 0 Å². The summed E-state index contributed by atoms with van der Waals surface area (Å²) in [6, 6.07) is 0. The van der Waals surface area contributed by atoms with E-state index in [0.29, 0.717) is 0 Å². The summed E-state index contributed by atoms with van der Waals surface area (Å²) >= 11 is 0. The van der Waals surface area contributed by atoms with Crippen LogP contribution in [0.5, 0.6) is 0 Å². The average molecular weight is 359 g/mol. The van der Waals surface area contributed by atoms with Crippen molar-refractivity contribution < 1.29 is 0 Å². The van der Waals surface area contributed by atoms with E-state index in [-0.39, 0.29) is 185 Å². The quantitative estimate of drug-likeness (QED) is 0.465. The first-order chi connectivity index (χ1) is 0. The van der Waals surface area contributed by atoms with E-state index in [0.717, 1.165) is 0 Å². The third-order valence-corrected chi connectivity index (χ3v) is 0. The Morgan fingerprint density at radius 2 is 0.625 bits per heavy atom. The van der Waals surface area contributed by atoms with Gasteiger partial charge in [0.1, 0.15) is 0 Å². The van der Waals surface area contributed by atoms with E-state index in [1.807, 2.05) is 0 Å². The molecule has 0 fully saturated rings. The van der Waals surface area contributed by atoms with Crippen LogP contribution in [0.25, 0.3) is 0 Å². The molecule has 0 radical (unpaired) electrons. The Kier molecular flexibility index (Phi) is 467. The van der Waals surface area contributed by atoms with Gasteiger partial charge in [0.05, 0.1) is 0 Å². The molecule has 0 aliphatic rings. The van der Waals surface area contributed by atoms with Crippen LogP contribution in [0.2, 0.25) is 0 Å².